The van der Waals surface area contributed by atoms with Crippen molar-refractivity contribution in [2.24, 2.45) is 5.73 Å². The first-order valence-electron chi connectivity index (χ1n) is 6.32. The van der Waals surface area contributed by atoms with E-state index in [1.807, 2.05) is 0 Å². The van der Waals surface area contributed by atoms with Crippen LogP contribution in [0, 0.1) is 12.7 Å². The fourth-order valence-electron chi connectivity index (χ4n) is 2.06. The van der Waals surface area contributed by atoms with E-state index >= 15 is 0 Å². The van der Waals surface area contributed by atoms with Gasteiger partial charge in [-0.2, -0.15) is 0 Å². The highest BCUT2D eigenvalue weighted by Crippen LogP contribution is 2.29. The number of amides is 1. The first kappa shape index (κ1) is 14.1. The highest BCUT2D eigenvalue weighted by molar-refractivity contribution is 5.91. The Hall–Kier alpha value is -2.27. The lowest BCUT2D eigenvalue weighted by Gasteiger charge is -2.11. The average Bonchev–Trinajstić information content (AvgIpc) is 2.39. The number of carbonyl (C=O) groups excluding carboxylic acids is 1. The van der Waals surface area contributed by atoms with Gasteiger partial charge >= 0.3 is 0 Å². The molecule has 5 heteroatoms. The van der Waals surface area contributed by atoms with E-state index in [0.717, 1.165) is 11.1 Å². The number of nitrogens with zero attached hydrogens (tertiary/aromatic N) is 1. The summed E-state index contributed by atoms with van der Waals surface area (Å²) in [4.78, 5) is 15.4. The summed E-state index contributed by atoms with van der Waals surface area (Å²) in [6.45, 7) is 2.07. The quantitative estimate of drug-likeness (QED) is 0.899. The molecular formula is C15H16FN3O. The molecule has 0 radical (unpaired) electrons. The van der Waals surface area contributed by atoms with Crippen molar-refractivity contribution in [1.82, 2.24) is 4.98 Å². The minimum absolute atomic E-state index is 0.215. The fourth-order valence-corrected chi connectivity index (χ4v) is 2.06. The van der Waals surface area contributed by atoms with Crippen LogP contribution in [0.1, 0.15) is 12.0 Å². The van der Waals surface area contributed by atoms with Crippen LogP contribution in [-0.2, 0) is 4.79 Å². The third kappa shape index (κ3) is 3.19. The van der Waals surface area contributed by atoms with Crippen molar-refractivity contribution in [3.63, 3.8) is 0 Å². The van der Waals surface area contributed by atoms with Crippen LogP contribution in [0.15, 0.2) is 36.7 Å². The van der Waals surface area contributed by atoms with Gasteiger partial charge in [0.25, 0.3) is 0 Å². The number of hydrogen-bond donors (Lipinski definition) is 2. The van der Waals surface area contributed by atoms with Crippen molar-refractivity contribution in [2.75, 3.05) is 11.9 Å². The SMILES string of the molecule is Cc1cc(NC(=O)CCN)cc(F)c1-c1ccncc1. The van der Waals surface area contributed by atoms with E-state index in [2.05, 4.69) is 10.3 Å². The molecule has 104 valence electrons. The summed E-state index contributed by atoms with van der Waals surface area (Å²) in [6.07, 6.45) is 3.45. The molecule has 0 atom stereocenters. The molecule has 3 N–H and O–H groups in total. The number of rotatable bonds is 4. The predicted octanol–water partition coefficient (Wildman–Crippen LogP) is 2.48. The second-order valence-electron chi connectivity index (χ2n) is 4.47. The van der Waals surface area contributed by atoms with Crippen LogP contribution in [0.3, 0.4) is 0 Å². The zero-order valence-corrected chi connectivity index (χ0v) is 11.2. The van der Waals surface area contributed by atoms with Gasteiger partial charge in [0.05, 0.1) is 0 Å². The molecule has 20 heavy (non-hydrogen) atoms. The van der Waals surface area contributed by atoms with Gasteiger partial charge in [-0.15, -0.1) is 0 Å². The van der Waals surface area contributed by atoms with Gasteiger partial charge < -0.3 is 11.1 Å². The summed E-state index contributed by atoms with van der Waals surface area (Å²) in [5.41, 5.74) is 7.77. The Labute approximate surface area is 116 Å². The Balaban J connectivity index is 2.32. The average molecular weight is 273 g/mol. The summed E-state index contributed by atoms with van der Waals surface area (Å²) in [5, 5.41) is 2.63. The Bertz CT molecular complexity index is 591. The van der Waals surface area contributed by atoms with Crippen molar-refractivity contribution in [2.45, 2.75) is 13.3 Å². The van der Waals surface area contributed by atoms with E-state index in [0.29, 0.717) is 11.3 Å². The molecule has 0 bridgehead atoms. The molecule has 0 saturated carbocycles. The molecule has 1 aromatic heterocycles. The van der Waals surface area contributed by atoms with Gasteiger partial charge in [0.15, 0.2) is 0 Å². The number of aromatic nitrogens is 1. The molecule has 1 amide bonds. The number of halogens is 1. The van der Waals surface area contributed by atoms with Crippen LogP contribution >= 0.6 is 0 Å². The van der Waals surface area contributed by atoms with Crippen LogP contribution < -0.4 is 11.1 Å². The lowest BCUT2D eigenvalue weighted by atomic mass is 10.00. The van der Waals surface area contributed by atoms with Crippen molar-refractivity contribution < 1.29 is 9.18 Å². The van der Waals surface area contributed by atoms with E-state index in [1.165, 1.54) is 6.07 Å². The van der Waals surface area contributed by atoms with Gasteiger partial charge in [-0.25, -0.2) is 4.39 Å². The lowest BCUT2D eigenvalue weighted by molar-refractivity contribution is -0.116. The molecule has 0 aliphatic rings. The standard InChI is InChI=1S/C15H16FN3O/c1-10-8-12(19-14(20)2-5-17)9-13(16)15(10)11-3-6-18-7-4-11/h3-4,6-9H,2,5,17H2,1H3,(H,19,20). The first-order chi connectivity index (χ1) is 9.61. The summed E-state index contributed by atoms with van der Waals surface area (Å²) >= 11 is 0. The largest absolute Gasteiger partial charge is 0.330 e. The third-order valence-corrected chi connectivity index (χ3v) is 2.91. The van der Waals surface area contributed by atoms with Crippen molar-refractivity contribution in [3.8, 4) is 11.1 Å². The number of nitrogens with two attached hydrogens (primary N) is 1. The normalized spacial score (nSPS) is 10.3. The number of hydrogen-bond acceptors (Lipinski definition) is 3. The van der Waals surface area contributed by atoms with Gasteiger partial charge in [-0.05, 0) is 42.3 Å². The maximum atomic E-state index is 14.2. The molecule has 1 heterocycles. The van der Waals surface area contributed by atoms with Gasteiger partial charge in [0, 0.05) is 36.6 Å². The molecule has 4 nitrogen and oxygen atoms in total. The van der Waals surface area contributed by atoms with Crippen LogP contribution in [-0.4, -0.2) is 17.4 Å². The molecule has 0 aliphatic heterocycles. The fraction of sp³-hybridized carbons (Fsp3) is 0.200. The smallest absolute Gasteiger partial charge is 0.225 e. The minimum atomic E-state index is -0.376. The second kappa shape index (κ2) is 6.25. The Kier molecular flexibility index (Phi) is 4.42. The monoisotopic (exact) mass is 273 g/mol. The summed E-state index contributed by atoms with van der Waals surface area (Å²) in [6, 6.07) is 6.56. The molecule has 1 aromatic carbocycles. The van der Waals surface area contributed by atoms with E-state index in [9.17, 15) is 9.18 Å². The lowest BCUT2D eigenvalue weighted by Crippen LogP contribution is -2.16. The van der Waals surface area contributed by atoms with E-state index in [1.54, 1.807) is 37.5 Å². The predicted molar refractivity (Wildman–Crippen MR) is 76.7 cm³/mol. The Morgan fingerprint density at radius 1 is 1.35 bits per heavy atom. The van der Waals surface area contributed by atoms with E-state index in [4.69, 9.17) is 5.73 Å². The number of benzene rings is 1. The summed E-state index contributed by atoms with van der Waals surface area (Å²) < 4.78 is 14.2. The maximum absolute atomic E-state index is 14.2. The molecular weight excluding hydrogens is 257 g/mol. The van der Waals surface area contributed by atoms with Crippen molar-refractivity contribution in [1.29, 1.82) is 0 Å². The van der Waals surface area contributed by atoms with Crippen LogP contribution in [0.25, 0.3) is 11.1 Å². The van der Waals surface area contributed by atoms with Crippen LogP contribution in [0.2, 0.25) is 0 Å². The van der Waals surface area contributed by atoms with Gasteiger partial charge in [-0.1, -0.05) is 0 Å². The topological polar surface area (TPSA) is 68.0 Å². The van der Waals surface area contributed by atoms with Crippen molar-refractivity contribution in [3.05, 3.63) is 48.0 Å². The van der Waals surface area contributed by atoms with Crippen LogP contribution in [0.5, 0.6) is 0 Å². The molecule has 0 aliphatic carbocycles. The molecule has 0 fully saturated rings. The zero-order valence-electron chi connectivity index (χ0n) is 11.2. The maximum Gasteiger partial charge on any atom is 0.225 e. The summed E-state index contributed by atoms with van der Waals surface area (Å²) in [7, 11) is 0. The minimum Gasteiger partial charge on any atom is -0.330 e. The molecule has 2 rings (SSSR count). The third-order valence-electron chi connectivity index (χ3n) is 2.91. The molecule has 0 spiro atoms. The van der Waals surface area contributed by atoms with Gasteiger partial charge in [-0.3, -0.25) is 9.78 Å². The summed E-state index contributed by atoms with van der Waals surface area (Å²) in [5.74, 6) is -0.595. The highest BCUT2D eigenvalue weighted by atomic mass is 19.1. The number of aryl methyl sites for hydroxylation is 1. The molecule has 0 unspecified atom stereocenters. The Morgan fingerprint density at radius 3 is 2.65 bits per heavy atom. The first-order valence-corrected chi connectivity index (χ1v) is 6.32. The van der Waals surface area contributed by atoms with Gasteiger partial charge in [0.2, 0.25) is 5.91 Å². The highest BCUT2D eigenvalue weighted by Gasteiger charge is 2.11. The zero-order chi connectivity index (χ0) is 14.5. The van der Waals surface area contributed by atoms with Gasteiger partial charge in [0.1, 0.15) is 5.82 Å². The number of nitrogens with one attached hydrogen (secondary N) is 1. The number of carbonyl (C=O) groups is 1. The van der Waals surface area contributed by atoms with E-state index < -0.39 is 0 Å². The second-order valence-corrected chi connectivity index (χ2v) is 4.47. The number of pyridine rings is 1. The van der Waals surface area contributed by atoms with E-state index in [-0.39, 0.29) is 24.7 Å². The molecule has 2 aromatic rings. The molecule has 0 saturated heterocycles. The number of anilines is 1. The van der Waals surface area contributed by atoms with Crippen LogP contribution in [0.4, 0.5) is 10.1 Å². The van der Waals surface area contributed by atoms with Crippen molar-refractivity contribution >= 4 is 11.6 Å². The Morgan fingerprint density at radius 2 is 2.05 bits per heavy atom.